The highest BCUT2D eigenvalue weighted by Crippen LogP contribution is 2.39. The van der Waals surface area contributed by atoms with Crippen LogP contribution in [-0.2, 0) is 0 Å². The lowest BCUT2D eigenvalue weighted by atomic mass is 9.73. The van der Waals surface area contributed by atoms with Gasteiger partial charge in [-0.1, -0.05) is 95.5 Å². The van der Waals surface area contributed by atoms with E-state index in [1.165, 1.54) is 11.1 Å². The zero-order valence-electron chi connectivity index (χ0n) is 23.6. The van der Waals surface area contributed by atoms with E-state index in [1.54, 1.807) is 0 Å². The molecule has 1 aliphatic heterocycles. The predicted molar refractivity (Wildman–Crippen MR) is 162 cm³/mol. The van der Waals surface area contributed by atoms with Crippen molar-refractivity contribution in [1.82, 2.24) is 14.9 Å². The van der Waals surface area contributed by atoms with Crippen LogP contribution in [0.15, 0.2) is 97.4 Å². The number of nitrogens with zero attached hydrogens (tertiary/aromatic N) is 2. The molecule has 1 unspecified atom stereocenters. The van der Waals surface area contributed by atoms with Gasteiger partial charge in [-0.3, -0.25) is 0 Å². The van der Waals surface area contributed by atoms with Crippen LogP contribution in [0.2, 0.25) is 0 Å². The SMILES string of the molecule is C=C(/C=C\C=C(/C)C(=C)N1CCC(C)(C(=C)CC)CC1)c1cnc2[nH]c(C(C)/C=C\C=C/CC)cc2c1. The van der Waals surface area contributed by atoms with Gasteiger partial charge in [0, 0.05) is 47.5 Å². The van der Waals surface area contributed by atoms with Gasteiger partial charge in [-0.05, 0) is 61.3 Å². The summed E-state index contributed by atoms with van der Waals surface area (Å²) in [5.41, 5.74) is 7.97. The molecule has 3 heterocycles. The molecule has 0 saturated carbocycles. The lowest BCUT2D eigenvalue weighted by molar-refractivity contribution is 0.176. The quantitative estimate of drug-likeness (QED) is 0.249. The summed E-state index contributed by atoms with van der Waals surface area (Å²) in [5.74, 6) is 0.294. The highest BCUT2D eigenvalue weighted by Gasteiger charge is 2.32. The fourth-order valence-corrected chi connectivity index (χ4v) is 4.81. The smallest absolute Gasteiger partial charge is 0.137 e. The van der Waals surface area contributed by atoms with E-state index >= 15 is 0 Å². The summed E-state index contributed by atoms with van der Waals surface area (Å²) in [6, 6.07) is 4.35. The van der Waals surface area contributed by atoms with Crippen molar-refractivity contribution in [3.63, 3.8) is 0 Å². The number of pyridine rings is 1. The van der Waals surface area contributed by atoms with Crippen LogP contribution in [0.3, 0.4) is 0 Å². The van der Waals surface area contributed by atoms with Crippen molar-refractivity contribution in [3.05, 3.63) is 109 Å². The van der Waals surface area contributed by atoms with Crippen LogP contribution in [0.4, 0.5) is 0 Å². The molecule has 1 saturated heterocycles. The van der Waals surface area contributed by atoms with E-state index in [9.17, 15) is 0 Å². The molecule has 2 aromatic heterocycles. The molecule has 3 heteroatoms. The molecule has 0 aromatic carbocycles. The minimum Gasteiger partial charge on any atom is -0.372 e. The van der Waals surface area contributed by atoms with Gasteiger partial charge in [0.1, 0.15) is 5.65 Å². The Morgan fingerprint density at radius 3 is 2.54 bits per heavy atom. The van der Waals surface area contributed by atoms with Gasteiger partial charge in [-0.15, -0.1) is 0 Å². The number of hydrogen-bond donors (Lipinski definition) is 1. The average Bonchev–Trinajstić information content (AvgIpc) is 3.34. The van der Waals surface area contributed by atoms with Crippen molar-refractivity contribution in [1.29, 1.82) is 0 Å². The zero-order chi connectivity index (χ0) is 27.0. The van der Waals surface area contributed by atoms with E-state index in [-0.39, 0.29) is 5.41 Å². The summed E-state index contributed by atoms with van der Waals surface area (Å²) < 4.78 is 0. The molecule has 1 fully saturated rings. The molecule has 0 amide bonds. The Hall–Kier alpha value is -3.33. The standard InChI is InChI=1S/C34H45N3/c1-9-11-12-13-15-27(5)32-23-30-22-31(24-35-33(30)36-32)26(4)17-14-16-25(3)29(7)37-20-18-34(8,19-21-37)28(6)10-2/h11-17,22-24,27H,4,6-7,9-10,18-21H2,1-3,5,8H3,(H,35,36)/b12-11-,15-13-,17-14-,25-16+. The minimum atomic E-state index is 0.261. The third-order valence-corrected chi connectivity index (χ3v) is 7.86. The molecule has 1 aliphatic rings. The van der Waals surface area contributed by atoms with Gasteiger partial charge in [0.2, 0.25) is 0 Å². The number of likely N-dealkylation sites (tertiary alicyclic amines) is 1. The van der Waals surface area contributed by atoms with Gasteiger partial charge in [0.15, 0.2) is 0 Å². The van der Waals surface area contributed by atoms with E-state index in [0.29, 0.717) is 5.92 Å². The van der Waals surface area contributed by atoms with Crippen LogP contribution in [0.1, 0.15) is 77.5 Å². The molecule has 0 spiro atoms. The topological polar surface area (TPSA) is 31.9 Å². The molecule has 3 rings (SSSR count). The first-order chi connectivity index (χ1) is 17.7. The minimum absolute atomic E-state index is 0.261. The average molecular weight is 496 g/mol. The lowest BCUT2D eigenvalue weighted by Gasteiger charge is -2.42. The Kier molecular flexibility index (Phi) is 9.74. The maximum absolute atomic E-state index is 4.65. The summed E-state index contributed by atoms with van der Waals surface area (Å²) >= 11 is 0. The van der Waals surface area contributed by atoms with Crippen molar-refractivity contribution in [2.75, 3.05) is 13.1 Å². The van der Waals surface area contributed by atoms with Gasteiger partial charge >= 0.3 is 0 Å². The summed E-state index contributed by atoms with van der Waals surface area (Å²) in [6.45, 7) is 26.1. The molecule has 3 nitrogen and oxygen atoms in total. The van der Waals surface area contributed by atoms with Gasteiger partial charge in [0.05, 0.1) is 0 Å². The first-order valence-corrected chi connectivity index (χ1v) is 13.7. The molecular formula is C34H45N3. The number of fused-ring (bicyclic) bond motifs is 1. The Bertz CT molecular complexity index is 1240. The van der Waals surface area contributed by atoms with Crippen LogP contribution in [0, 0.1) is 5.41 Å². The number of hydrogen-bond acceptors (Lipinski definition) is 2. The number of aromatic amines is 1. The molecule has 1 atom stereocenters. The van der Waals surface area contributed by atoms with Gasteiger partial charge in [-0.25, -0.2) is 4.98 Å². The lowest BCUT2D eigenvalue weighted by Crippen LogP contribution is -2.38. The highest BCUT2D eigenvalue weighted by molar-refractivity contribution is 5.83. The number of aromatic nitrogens is 2. The zero-order valence-corrected chi connectivity index (χ0v) is 23.6. The van der Waals surface area contributed by atoms with Crippen LogP contribution in [-0.4, -0.2) is 28.0 Å². The largest absolute Gasteiger partial charge is 0.372 e. The normalized spacial score (nSPS) is 17.3. The van der Waals surface area contributed by atoms with E-state index in [2.05, 4.69) is 124 Å². The first-order valence-electron chi connectivity index (χ1n) is 13.7. The Morgan fingerprint density at radius 1 is 1.14 bits per heavy atom. The number of rotatable bonds is 11. The number of nitrogens with one attached hydrogen (secondary N) is 1. The van der Waals surface area contributed by atoms with Crippen LogP contribution in [0.5, 0.6) is 0 Å². The summed E-state index contributed by atoms with van der Waals surface area (Å²) in [7, 11) is 0. The predicted octanol–water partition coefficient (Wildman–Crippen LogP) is 9.29. The van der Waals surface area contributed by atoms with Gasteiger partial charge < -0.3 is 9.88 Å². The van der Waals surface area contributed by atoms with E-state index in [1.807, 2.05) is 6.20 Å². The second kappa shape index (κ2) is 12.8. The first kappa shape index (κ1) is 28.2. The summed E-state index contributed by atoms with van der Waals surface area (Å²) in [5, 5.41) is 1.11. The third kappa shape index (κ3) is 7.13. The summed E-state index contributed by atoms with van der Waals surface area (Å²) in [6.07, 6.45) is 21.1. The monoisotopic (exact) mass is 495 g/mol. The van der Waals surface area contributed by atoms with Crippen LogP contribution in [0.25, 0.3) is 16.6 Å². The molecule has 0 radical (unpaired) electrons. The Morgan fingerprint density at radius 2 is 1.86 bits per heavy atom. The second-order valence-electron chi connectivity index (χ2n) is 10.6. The molecule has 0 aliphatic carbocycles. The highest BCUT2D eigenvalue weighted by atomic mass is 15.1. The Labute approximate surface area is 224 Å². The maximum atomic E-state index is 4.65. The van der Waals surface area contributed by atoms with Crippen molar-refractivity contribution in [2.45, 2.75) is 66.2 Å². The van der Waals surface area contributed by atoms with Gasteiger partial charge in [0.25, 0.3) is 0 Å². The Balaban J connectivity index is 1.62. The van der Waals surface area contributed by atoms with E-state index in [0.717, 1.165) is 72.3 Å². The third-order valence-electron chi connectivity index (χ3n) is 7.86. The van der Waals surface area contributed by atoms with Crippen molar-refractivity contribution in [3.8, 4) is 0 Å². The van der Waals surface area contributed by atoms with E-state index < -0.39 is 0 Å². The molecule has 1 N–H and O–H groups in total. The maximum Gasteiger partial charge on any atom is 0.137 e. The van der Waals surface area contributed by atoms with Crippen LogP contribution < -0.4 is 0 Å². The second-order valence-corrected chi connectivity index (χ2v) is 10.6. The number of allylic oxidation sites excluding steroid dienone is 10. The number of piperidine rings is 1. The van der Waals surface area contributed by atoms with Crippen molar-refractivity contribution < 1.29 is 0 Å². The molecule has 196 valence electrons. The molecule has 0 bridgehead atoms. The molecule has 37 heavy (non-hydrogen) atoms. The summed E-state index contributed by atoms with van der Waals surface area (Å²) in [4.78, 5) is 10.5. The molecular weight excluding hydrogens is 450 g/mol. The van der Waals surface area contributed by atoms with Gasteiger partial charge in [-0.2, -0.15) is 0 Å². The fourth-order valence-electron chi connectivity index (χ4n) is 4.81. The van der Waals surface area contributed by atoms with Crippen molar-refractivity contribution >= 4 is 16.6 Å². The van der Waals surface area contributed by atoms with E-state index in [4.69, 9.17) is 0 Å². The fraction of sp³-hybridized carbons (Fsp3) is 0.382. The van der Waals surface area contributed by atoms with Crippen molar-refractivity contribution in [2.24, 2.45) is 5.41 Å². The van der Waals surface area contributed by atoms with Crippen LogP contribution >= 0.6 is 0 Å². The molecule has 2 aromatic rings. The number of H-pyrrole nitrogens is 1.